The molecule has 1 aliphatic rings. The lowest BCUT2D eigenvalue weighted by atomic mass is 9.92. The summed E-state index contributed by atoms with van der Waals surface area (Å²) in [6.07, 6.45) is 1.22. The van der Waals surface area contributed by atoms with Gasteiger partial charge in [0.2, 0.25) is 6.10 Å². The minimum absolute atomic E-state index is 0.193. The van der Waals surface area contributed by atoms with E-state index in [4.69, 9.17) is 4.74 Å². The number of hydrogen-bond acceptors (Lipinski definition) is 3. The molecule has 4 nitrogen and oxygen atoms in total. The Morgan fingerprint density at radius 3 is 2.28 bits per heavy atom. The lowest BCUT2D eigenvalue weighted by Gasteiger charge is -2.44. The van der Waals surface area contributed by atoms with Crippen molar-refractivity contribution in [2.75, 3.05) is 4.90 Å². The highest BCUT2D eigenvalue weighted by Crippen LogP contribution is 2.33. The van der Waals surface area contributed by atoms with E-state index in [1.54, 1.807) is 4.90 Å². The summed E-state index contributed by atoms with van der Waals surface area (Å²) in [5.74, 6) is -0.640. The Balaban J connectivity index is 1.93. The number of carbonyl (C=O) groups is 2. The Morgan fingerprint density at radius 2 is 1.68 bits per heavy atom. The molecular formula is C21H21NO3. The van der Waals surface area contributed by atoms with E-state index < -0.39 is 12.1 Å². The van der Waals surface area contributed by atoms with Gasteiger partial charge in [0.05, 0.1) is 0 Å². The number of allylic oxidation sites excluding steroid dienone is 1. The zero-order chi connectivity index (χ0) is 18.0. The van der Waals surface area contributed by atoms with Crippen LogP contribution in [0.4, 0.5) is 5.69 Å². The molecule has 1 aliphatic heterocycles. The second kappa shape index (κ2) is 6.93. The molecule has 0 unspecified atom stereocenters. The topological polar surface area (TPSA) is 46.6 Å². The van der Waals surface area contributed by atoms with E-state index in [2.05, 4.69) is 0 Å². The molecular weight excluding hydrogens is 314 g/mol. The molecule has 0 radical (unpaired) electrons. The molecule has 1 fully saturated rings. The Hall–Kier alpha value is -2.88. The third kappa shape index (κ3) is 3.48. The summed E-state index contributed by atoms with van der Waals surface area (Å²) in [5.41, 5.74) is 4.04. The molecule has 1 heterocycles. The fourth-order valence-electron chi connectivity index (χ4n) is 3.00. The van der Waals surface area contributed by atoms with Crippen molar-refractivity contribution in [2.45, 2.75) is 32.9 Å². The van der Waals surface area contributed by atoms with Crippen molar-refractivity contribution in [1.82, 2.24) is 0 Å². The van der Waals surface area contributed by atoms with Gasteiger partial charge in [0.25, 0.3) is 5.91 Å². The number of amides is 1. The van der Waals surface area contributed by atoms with Gasteiger partial charge in [-0.2, -0.15) is 0 Å². The van der Waals surface area contributed by atoms with E-state index in [1.807, 2.05) is 74.5 Å². The molecule has 2 aromatic rings. The van der Waals surface area contributed by atoms with Gasteiger partial charge in [-0.25, -0.2) is 0 Å². The highest BCUT2D eigenvalue weighted by molar-refractivity contribution is 6.06. The van der Waals surface area contributed by atoms with Crippen LogP contribution >= 0.6 is 0 Å². The molecule has 25 heavy (non-hydrogen) atoms. The molecule has 0 aromatic heterocycles. The van der Waals surface area contributed by atoms with Crippen LogP contribution in [0.5, 0.6) is 0 Å². The first-order valence-corrected chi connectivity index (χ1v) is 8.28. The highest BCUT2D eigenvalue weighted by Gasteiger charge is 2.49. The number of rotatable bonds is 4. The number of esters is 1. The van der Waals surface area contributed by atoms with Crippen LogP contribution in [0.3, 0.4) is 0 Å². The lowest BCUT2D eigenvalue weighted by molar-refractivity contribution is -0.159. The van der Waals surface area contributed by atoms with Crippen LogP contribution in [0.2, 0.25) is 0 Å². The fourth-order valence-corrected chi connectivity index (χ4v) is 3.00. The van der Waals surface area contributed by atoms with E-state index in [-0.39, 0.29) is 11.9 Å². The van der Waals surface area contributed by atoms with Crippen LogP contribution in [0.1, 0.15) is 25.0 Å². The highest BCUT2D eigenvalue weighted by atomic mass is 16.6. The molecule has 2 aromatic carbocycles. The van der Waals surface area contributed by atoms with Crippen molar-refractivity contribution in [3.63, 3.8) is 0 Å². The van der Waals surface area contributed by atoms with Crippen LogP contribution in [-0.4, -0.2) is 24.0 Å². The average molecular weight is 335 g/mol. The average Bonchev–Trinajstić information content (AvgIpc) is 2.61. The van der Waals surface area contributed by atoms with Crippen LogP contribution in [-0.2, 0) is 14.3 Å². The first kappa shape index (κ1) is 17.0. The quantitative estimate of drug-likeness (QED) is 0.631. The largest absolute Gasteiger partial charge is 0.450 e. The number of aryl methyl sites for hydroxylation is 1. The van der Waals surface area contributed by atoms with Gasteiger partial charge in [-0.3, -0.25) is 14.5 Å². The van der Waals surface area contributed by atoms with Gasteiger partial charge < -0.3 is 4.74 Å². The molecule has 4 heteroatoms. The smallest absolute Gasteiger partial charge is 0.303 e. The zero-order valence-electron chi connectivity index (χ0n) is 14.6. The number of β-lactam (4-membered cyclic amide) rings is 1. The van der Waals surface area contributed by atoms with E-state index in [1.165, 1.54) is 6.92 Å². The van der Waals surface area contributed by atoms with Crippen molar-refractivity contribution in [3.05, 3.63) is 71.8 Å². The van der Waals surface area contributed by atoms with Crippen LogP contribution < -0.4 is 4.90 Å². The second-order valence-corrected chi connectivity index (χ2v) is 6.28. The van der Waals surface area contributed by atoms with Gasteiger partial charge >= 0.3 is 5.97 Å². The molecule has 1 amide bonds. The maximum absolute atomic E-state index is 12.5. The van der Waals surface area contributed by atoms with Gasteiger partial charge in [0.1, 0.15) is 6.04 Å². The molecule has 0 N–H and O–H groups in total. The standard InChI is InChI=1S/C21H21NO3/c1-14-9-11-18(12-10-14)22-19(20(21(22)24)25-16(3)23)13-15(2)17-7-5-4-6-8-17/h4-13,19-20H,1-3H3/b15-13+/t19-,20+/m1/s1. The number of benzene rings is 2. The molecule has 0 aliphatic carbocycles. The molecule has 1 saturated heterocycles. The van der Waals surface area contributed by atoms with E-state index in [9.17, 15) is 9.59 Å². The molecule has 0 spiro atoms. The summed E-state index contributed by atoms with van der Waals surface area (Å²) in [6.45, 7) is 5.32. The van der Waals surface area contributed by atoms with Crippen molar-refractivity contribution in [1.29, 1.82) is 0 Å². The molecule has 128 valence electrons. The summed E-state index contributed by atoms with van der Waals surface area (Å²) in [7, 11) is 0. The van der Waals surface area contributed by atoms with Gasteiger partial charge in [-0.1, -0.05) is 54.1 Å². The Kier molecular flexibility index (Phi) is 4.70. The van der Waals surface area contributed by atoms with Crippen LogP contribution in [0, 0.1) is 6.92 Å². The Bertz CT molecular complexity index is 809. The molecule has 0 bridgehead atoms. The van der Waals surface area contributed by atoms with Crippen molar-refractivity contribution in [2.24, 2.45) is 0 Å². The monoisotopic (exact) mass is 335 g/mol. The van der Waals surface area contributed by atoms with Gasteiger partial charge in [0, 0.05) is 12.6 Å². The summed E-state index contributed by atoms with van der Waals surface area (Å²) < 4.78 is 5.25. The minimum atomic E-state index is -0.766. The SMILES string of the molecule is CC(=O)O[C@@H]1C(=O)N(c2ccc(C)cc2)[C@@H]1/C=C(\C)c1ccccc1. The maximum atomic E-state index is 12.5. The molecule has 2 atom stereocenters. The third-order valence-electron chi connectivity index (χ3n) is 4.34. The van der Waals surface area contributed by atoms with Gasteiger partial charge in [-0.15, -0.1) is 0 Å². The fraction of sp³-hybridized carbons (Fsp3) is 0.238. The maximum Gasteiger partial charge on any atom is 0.303 e. The van der Waals surface area contributed by atoms with Crippen molar-refractivity contribution < 1.29 is 14.3 Å². The van der Waals surface area contributed by atoms with Crippen LogP contribution in [0.25, 0.3) is 5.57 Å². The van der Waals surface area contributed by atoms with E-state index in [0.29, 0.717) is 0 Å². The summed E-state index contributed by atoms with van der Waals surface area (Å²) in [4.78, 5) is 25.6. The third-order valence-corrected chi connectivity index (χ3v) is 4.34. The predicted octanol–water partition coefficient (Wildman–Crippen LogP) is 3.75. The number of anilines is 1. The number of hydrogen-bond donors (Lipinski definition) is 0. The zero-order valence-corrected chi connectivity index (χ0v) is 14.6. The van der Waals surface area contributed by atoms with Gasteiger partial charge in [-0.05, 0) is 37.1 Å². The van der Waals surface area contributed by atoms with E-state index >= 15 is 0 Å². The van der Waals surface area contributed by atoms with Crippen LogP contribution in [0.15, 0.2) is 60.7 Å². The summed E-state index contributed by atoms with van der Waals surface area (Å²) >= 11 is 0. The number of nitrogens with zero attached hydrogens (tertiary/aromatic N) is 1. The second-order valence-electron chi connectivity index (χ2n) is 6.28. The van der Waals surface area contributed by atoms with E-state index in [0.717, 1.165) is 22.4 Å². The summed E-state index contributed by atoms with van der Waals surface area (Å²) in [6, 6.07) is 17.4. The van der Waals surface area contributed by atoms with Crippen molar-refractivity contribution in [3.8, 4) is 0 Å². The number of ether oxygens (including phenoxy) is 1. The first-order chi connectivity index (χ1) is 12.0. The first-order valence-electron chi connectivity index (χ1n) is 8.28. The Labute approximate surface area is 147 Å². The normalized spacial score (nSPS) is 20.2. The van der Waals surface area contributed by atoms with Gasteiger partial charge in [0.15, 0.2) is 0 Å². The lowest BCUT2D eigenvalue weighted by Crippen LogP contribution is -2.65. The molecule has 0 saturated carbocycles. The number of carbonyl (C=O) groups excluding carboxylic acids is 2. The molecule has 3 rings (SSSR count). The minimum Gasteiger partial charge on any atom is -0.450 e. The Morgan fingerprint density at radius 1 is 1.04 bits per heavy atom. The van der Waals surface area contributed by atoms with Crippen molar-refractivity contribution >= 4 is 23.1 Å². The summed E-state index contributed by atoms with van der Waals surface area (Å²) in [5, 5.41) is 0. The predicted molar refractivity (Wildman–Crippen MR) is 98.1 cm³/mol.